The van der Waals surface area contributed by atoms with Gasteiger partial charge in [0, 0.05) is 41.8 Å². The summed E-state index contributed by atoms with van der Waals surface area (Å²) in [5, 5.41) is 6.41. The number of anilines is 2. The van der Waals surface area contributed by atoms with Gasteiger partial charge in [0.15, 0.2) is 0 Å². The highest BCUT2D eigenvalue weighted by atomic mass is 16.1. The molecule has 0 radical (unpaired) electrons. The van der Waals surface area contributed by atoms with E-state index in [1.54, 1.807) is 0 Å². The summed E-state index contributed by atoms with van der Waals surface area (Å²) in [6.45, 7) is 2.86. The molecule has 0 atom stereocenters. The third-order valence-corrected chi connectivity index (χ3v) is 5.19. The van der Waals surface area contributed by atoms with E-state index in [2.05, 4.69) is 28.6 Å². The number of carbonyl (C=O) groups is 1. The molecular weight excluding hydrogens is 382 g/mol. The molecule has 0 saturated carbocycles. The summed E-state index contributed by atoms with van der Waals surface area (Å²) in [7, 11) is 0. The van der Waals surface area contributed by atoms with Gasteiger partial charge in [0.1, 0.15) is 0 Å². The zero-order valence-corrected chi connectivity index (χ0v) is 17.5. The summed E-state index contributed by atoms with van der Waals surface area (Å²) in [6, 6.07) is 29.5. The van der Waals surface area contributed by atoms with E-state index in [9.17, 15) is 4.79 Å². The monoisotopic (exact) mass is 407 g/mol. The van der Waals surface area contributed by atoms with Gasteiger partial charge in [0.05, 0.1) is 0 Å². The Morgan fingerprint density at radius 1 is 0.774 bits per heavy atom. The highest BCUT2D eigenvalue weighted by Gasteiger charge is 2.13. The fraction of sp³-hybridized carbons (Fsp3) is 0.111. The van der Waals surface area contributed by atoms with Crippen molar-refractivity contribution < 1.29 is 4.79 Å². The number of rotatable bonds is 7. The first-order valence-electron chi connectivity index (χ1n) is 10.4. The second kappa shape index (κ2) is 9.72. The molecule has 0 aliphatic rings. The molecule has 4 heteroatoms. The Bertz CT molecular complexity index is 1150. The number of amides is 1. The molecule has 2 N–H and O–H groups in total. The predicted molar refractivity (Wildman–Crippen MR) is 127 cm³/mol. The maximum atomic E-state index is 13.0. The fourth-order valence-electron chi connectivity index (χ4n) is 3.54. The highest BCUT2D eigenvalue weighted by Crippen LogP contribution is 2.27. The van der Waals surface area contributed by atoms with Crippen LogP contribution in [-0.4, -0.2) is 17.4 Å². The minimum Gasteiger partial charge on any atom is -0.385 e. The largest absolute Gasteiger partial charge is 0.385 e. The normalized spacial score (nSPS) is 10.5. The maximum Gasteiger partial charge on any atom is 0.256 e. The van der Waals surface area contributed by atoms with Crippen molar-refractivity contribution >= 4 is 17.3 Å². The minimum atomic E-state index is -0.116. The lowest BCUT2D eigenvalue weighted by Crippen LogP contribution is -2.13. The third-order valence-electron chi connectivity index (χ3n) is 5.19. The molecule has 0 spiro atoms. The van der Waals surface area contributed by atoms with Gasteiger partial charge in [-0.05, 0) is 66.1 Å². The Balaban J connectivity index is 1.41. The van der Waals surface area contributed by atoms with Gasteiger partial charge < -0.3 is 10.6 Å². The molecule has 0 unspecified atom stereocenters. The summed E-state index contributed by atoms with van der Waals surface area (Å²) >= 11 is 0. The minimum absolute atomic E-state index is 0.116. The van der Waals surface area contributed by atoms with Crippen molar-refractivity contribution in [3.8, 4) is 11.1 Å². The van der Waals surface area contributed by atoms with Crippen LogP contribution in [0.2, 0.25) is 0 Å². The molecular formula is C27H25N3O. The summed E-state index contributed by atoms with van der Waals surface area (Å²) in [6.07, 6.45) is 2.67. The molecule has 0 saturated heterocycles. The van der Waals surface area contributed by atoms with Gasteiger partial charge in [0.25, 0.3) is 5.91 Å². The van der Waals surface area contributed by atoms with Crippen molar-refractivity contribution in [2.75, 3.05) is 17.2 Å². The number of carbonyl (C=O) groups excluding carboxylic acids is 1. The summed E-state index contributed by atoms with van der Waals surface area (Å²) in [5.41, 5.74) is 6.64. The standard InChI is InChI=1S/C27H25N3O/c1-20-8-2-3-10-24(20)25-11-4-5-12-26(25)27(31)30-23-15-13-22(14-16-23)29-19-17-21-9-6-7-18-28-21/h2-16,18,29H,17,19H2,1H3,(H,30,31). The van der Waals surface area contributed by atoms with E-state index in [1.165, 1.54) is 0 Å². The topological polar surface area (TPSA) is 54.0 Å². The van der Waals surface area contributed by atoms with Crippen molar-refractivity contribution in [3.63, 3.8) is 0 Å². The van der Waals surface area contributed by atoms with Gasteiger partial charge in [-0.25, -0.2) is 0 Å². The second-order valence-corrected chi connectivity index (χ2v) is 7.39. The van der Waals surface area contributed by atoms with E-state index in [0.717, 1.165) is 46.7 Å². The Morgan fingerprint density at radius 3 is 2.19 bits per heavy atom. The molecule has 0 bridgehead atoms. The molecule has 154 valence electrons. The molecule has 4 aromatic rings. The molecule has 0 aliphatic carbocycles. The summed E-state index contributed by atoms with van der Waals surface area (Å²) in [5.74, 6) is -0.116. The van der Waals surface area contributed by atoms with Gasteiger partial charge >= 0.3 is 0 Å². The van der Waals surface area contributed by atoms with Crippen molar-refractivity contribution in [3.05, 3.63) is 114 Å². The van der Waals surface area contributed by atoms with Crippen LogP contribution in [0, 0.1) is 6.92 Å². The molecule has 31 heavy (non-hydrogen) atoms. The number of aromatic nitrogens is 1. The van der Waals surface area contributed by atoms with Crippen LogP contribution < -0.4 is 10.6 Å². The van der Waals surface area contributed by atoms with Crippen LogP contribution >= 0.6 is 0 Å². The number of nitrogens with zero attached hydrogens (tertiary/aromatic N) is 1. The molecule has 1 heterocycles. The average molecular weight is 408 g/mol. The SMILES string of the molecule is Cc1ccccc1-c1ccccc1C(=O)Nc1ccc(NCCc2ccccn2)cc1. The number of aryl methyl sites for hydroxylation is 1. The van der Waals surface area contributed by atoms with E-state index in [0.29, 0.717) is 5.56 Å². The zero-order valence-electron chi connectivity index (χ0n) is 17.5. The molecule has 3 aromatic carbocycles. The van der Waals surface area contributed by atoms with Crippen molar-refractivity contribution in [2.24, 2.45) is 0 Å². The quantitative estimate of drug-likeness (QED) is 0.397. The van der Waals surface area contributed by atoms with E-state index in [1.807, 2.05) is 91.1 Å². The van der Waals surface area contributed by atoms with Crippen LogP contribution in [0.3, 0.4) is 0 Å². The van der Waals surface area contributed by atoms with Gasteiger partial charge in [-0.1, -0.05) is 48.5 Å². The van der Waals surface area contributed by atoms with Crippen molar-refractivity contribution in [1.82, 2.24) is 4.98 Å². The summed E-state index contributed by atoms with van der Waals surface area (Å²) < 4.78 is 0. The first kappa shape index (κ1) is 20.4. The van der Waals surface area contributed by atoms with Gasteiger partial charge in [-0.2, -0.15) is 0 Å². The Kier molecular flexibility index (Phi) is 6.38. The fourth-order valence-corrected chi connectivity index (χ4v) is 3.54. The van der Waals surface area contributed by atoms with Crippen molar-refractivity contribution in [2.45, 2.75) is 13.3 Å². The van der Waals surface area contributed by atoms with Crippen LogP contribution in [0.15, 0.2) is 97.2 Å². The van der Waals surface area contributed by atoms with Crippen LogP contribution in [0.5, 0.6) is 0 Å². The molecule has 4 nitrogen and oxygen atoms in total. The first-order valence-corrected chi connectivity index (χ1v) is 10.4. The van der Waals surface area contributed by atoms with E-state index in [4.69, 9.17) is 0 Å². The summed E-state index contributed by atoms with van der Waals surface area (Å²) in [4.78, 5) is 17.3. The number of pyridine rings is 1. The average Bonchev–Trinajstić information content (AvgIpc) is 2.81. The van der Waals surface area contributed by atoms with Crippen LogP contribution in [0.25, 0.3) is 11.1 Å². The zero-order chi connectivity index (χ0) is 21.5. The van der Waals surface area contributed by atoms with Gasteiger partial charge in [-0.15, -0.1) is 0 Å². The highest BCUT2D eigenvalue weighted by molar-refractivity contribution is 6.08. The molecule has 4 rings (SSSR count). The molecule has 0 aliphatic heterocycles. The second-order valence-electron chi connectivity index (χ2n) is 7.39. The number of benzene rings is 3. The van der Waals surface area contributed by atoms with Gasteiger partial charge in [0.2, 0.25) is 0 Å². The molecule has 1 aromatic heterocycles. The Hall–Kier alpha value is -3.92. The van der Waals surface area contributed by atoms with Crippen molar-refractivity contribution in [1.29, 1.82) is 0 Å². The van der Waals surface area contributed by atoms with Crippen LogP contribution in [0.4, 0.5) is 11.4 Å². The lowest BCUT2D eigenvalue weighted by molar-refractivity contribution is 0.102. The molecule has 0 fully saturated rings. The van der Waals surface area contributed by atoms with Crippen LogP contribution in [-0.2, 0) is 6.42 Å². The van der Waals surface area contributed by atoms with Crippen LogP contribution in [0.1, 0.15) is 21.6 Å². The first-order chi connectivity index (χ1) is 15.2. The Morgan fingerprint density at radius 2 is 1.45 bits per heavy atom. The maximum absolute atomic E-state index is 13.0. The number of hydrogen-bond acceptors (Lipinski definition) is 3. The molecule has 1 amide bonds. The lowest BCUT2D eigenvalue weighted by Gasteiger charge is -2.13. The van der Waals surface area contributed by atoms with E-state index < -0.39 is 0 Å². The van der Waals surface area contributed by atoms with E-state index in [-0.39, 0.29) is 5.91 Å². The lowest BCUT2D eigenvalue weighted by atomic mass is 9.95. The third kappa shape index (κ3) is 5.17. The van der Waals surface area contributed by atoms with E-state index >= 15 is 0 Å². The number of nitrogens with one attached hydrogen (secondary N) is 2. The smallest absolute Gasteiger partial charge is 0.256 e. The Labute approximate surface area is 183 Å². The van der Waals surface area contributed by atoms with Gasteiger partial charge in [-0.3, -0.25) is 9.78 Å². The predicted octanol–water partition coefficient (Wildman–Crippen LogP) is 5.96. The number of hydrogen-bond donors (Lipinski definition) is 2.